The predicted molar refractivity (Wildman–Crippen MR) is 59.6 cm³/mol. The van der Waals surface area contributed by atoms with Gasteiger partial charge in [0.05, 0.1) is 0 Å². The molecule has 0 heterocycles. The zero-order valence-corrected chi connectivity index (χ0v) is 8.20. The summed E-state index contributed by atoms with van der Waals surface area (Å²) in [5.74, 6) is 0. The average Bonchev–Trinajstić information content (AvgIpc) is 2.19. The van der Waals surface area contributed by atoms with E-state index in [0.717, 1.165) is 35.8 Å². The summed E-state index contributed by atoms with van der Waals surface area (Å²) in [6.45, 7) is 7.34. The standard InChI is InChI=1S/C13H14O/c1-3-6-11-8-5-9-12(7-4-2)13(11)10-14/h3-5,8-10H,1-2,6-7H2. The number of carbonyl (C=O) groups is 1. The van der Waals surface area contributed by atoms with Crippen molar-refractivity contribution in [3.63, 3.8) is 0 Å². The Hall–Kier alpha value is -1.63. The topological polar surface area (TPSA) is 17.1 Å². The Bertz CT molecular complexity index is 322. The van der Waals surface area contributed by atoms with Crippen molar-refractivity contribution in [1.29, 1.82) is 0 Å². The van der Waals surface area contributed by atoms with E-state index in [0.29, 0.717) is 0 Å². The molecule has 1 aromatic rings. The molecule has 72 valence electrons. The van der Waals surface area contributed by atoms with Gasteiger partial charge in [0.1, 0.15) is 0 Å². The van der Waals surface area contributed by atoms with E-state index < -0.39 is 0 Å². The Labute approximate surface area is 84.8 Å². The molecule has 0 spiro atoms. The Morgan fingerprint density at radius 3 is 1.93 bits per heavy atom. The second kappa shape index (κ2) is 5.18. The van der Waals surface area contributed by atoms with Crippen LogP contribution in [0.4, 0.5) is 0 Å². The lowest BCUT2D eigenvalue weighted by Crippen LogP contribution is -1.97. The number of benzene rings is 1. The quantitative estimate of drug-likeness (QED) is 0.510. The number of hydrogen-bond acceptors (Lipinski definition) is 1. The van der Waals surface area contributed by atoms with Crippen LogP contribution >= 0.6 is 0 Å². The van der Waals surface area contributed by atoms with Crippen LogP contribution in [0.25, 0.3) is 0 Å². The number of hydrogen-bond donors (Lipinski definition) is 0. The number of carbonyl (C=O) groups excluding carboxylic acids is 1. The largest absolute Gasteiger partial charge is 0.298 e. The lowest BCUT2D eigenvalue weighted by atomic mass is 9.98. The maximum absolute atomic E-state index is 10.9. The van der Waals surface area contributed by atoms with Crippen LogP contribution < -0.4 is 0 Å². The van der Waals surface area contributed by atoms with Gasteiger partial charge >= 0.3 is 0 Å². The highest BCUT2D eigenvalue weighted by molar-refractivity contribution is 5.80. The fourth-order valence-corrected chi connectivity index (χ4v) is 1.48. The molecule has 0 aliphatic carbocycles. The molecule has 1 nitrogen and oxygen atoms in total. The number of rotatable bonds is 5. The van der Waals surface area contributed by atoms with E-state index in [1.807, 2.05) is 18.2 Å². The molecule has 0 saturated heterocycles. The number of allylic oxidation sites excluding steroid dienone is 2. The molecule has 0 saturated carbocycles. The van der Waals surface area contributed by atoms with E-state index in [1.54, 1.807) is 12.2 Å². The summed E-state index contributed by atoms with van der Waals surface area (Å²) in [4.78, 5) is 10.9. The van der Waals surface area contributed by atoms with Gasteiger partial charge in [-0.05, 0) is 24.0 Å². The highest BCUT2D eigenvalue weighted by Crippen LogP contribution is 2.14. The average molecular weight is 186 g/mol. The molecule has 0 amide bonds. The van der Waals surface area contributed by atoms with Gasteiger partial charge in [0.25, 0.3) is 0 Å². The number of aldehydes is 1. The van der Waals surface area contributed by atoms with Gasteiger partial charge in [-0.1, -0.05) is 30.4 Å². The third-order valence-electron chi connectivity index (χ3n) is 2.13. The molecule has 1 heteroatoms. The molecule has 0 aliphatic rings. The monoisotopic (exact) mass is 186 g/mol. The van der Waals surface area contributed by atoms with Gasteiger partial charge < -0.3 is 0 Å². The molecular formula is C13H14O. The van der Waals surface area contributed by atoms with E-state index >= 15 is 0 Å². The molecular weight excluding hydrogens is 172 g/mol. The Kier molecular flexibility index (Phi) is 3.86. The summed E-state index contributed by atoms with van der Waals surface area (Å²) in [6, 6.07) is 5.88. The minimum atomic E-state index is 0.735. The first-order chi connectivity index (χ1) is 6.83. The van der Waals surface area contributed by atoms with Crippen LogP contribution in [0.2, 0.25) is 0 Å². The van der Waals surface area contributed by atoms with Crippen LogP contribution in [0.1, 0.15) is 21.5 Å². The van der Waals surface area contributed by atoms with Gasteiger partial charge in [0.2, 0.25) is 0 Å². The lowest BCUT2D eigenvalue weighted by Gasteiger charge is -2.06. The molecule has 0 bridgehead atoms. The first-order valence-electron chi connectivity index (χ1n) is 4.61. The van der Waals surface area contributed by atoms with Crippen molar-refractivity contribution >= 4 is 6.29 Å². The van der Waals surface area contributed by atoms with Crippen molar-refractivity contribution in [2.24, 2.45) is 0 Å². The molecule has 0 atom stereocenters. The van der Waals surface area contributed by atoms with Crippen molar-refractivity contribution in [3.8, 4) is 0 Å². The summed E-state index contributed by atoms with van der Waals surface area (Å²) < 4.78 is 0. The first-order valence-corrected chi connectivity index (χ1v) is 4.61. The third-order valence-corrected chi connectivity index (χ3v) is 2.13. The summed E-state index contributed by atoms with van der Waals surface area (Å²) in [5.41, 5.74) is 2.86. The highest BCUT2D eigenvalue weighted by Gasteiger charge is 2.04. The summed E-state index contributed by atoms with van der Waals surface area (Å²) in [5, 5.41) is 0. The van der Waals surface area contributed by atoms with E-state index in [9.17, 15) is 4.79 Å². The molecule has 0 radical (unpaired) electrons. The molecule has 0 unspecified atom stereocenters. The van der Waals surface area contributed by atoms with Crippen LogP contribution in [0.5, 0.6) is 0 Å². The zero-order valence-electron chi connectivity index (χ0n) is 8.20. The van der Waals surface area contributed by atoms with Gasteiger partial charge in [-0.3, -0.25) is 4.79 Å². The lowest BCUT2D eigenvalue weighted by molar-refractivity contribution is 0.112. The highest BCUT2D eigenvalue weighted by atomic mass is 16.1. The first kappa shape index (κ1) is 10.5. The second-order valence-electron chi connectivity index (χ2n) is 3.09. The molecule has 1 rings (SSSR count). The molecule has 0 fully saturated rings. The second-order valence-corrected chi connectivity index (χ2v) is 3.09. The summed E-state index contributed by atoms with van der Waals surface area (Å²) >= 11 is 0. The van der Waals surface area contributed by atoms with Gasteiger partial charge in [-0.25, -0.2) is 0 Å². The smallest absolute Gasteiger partial charge is 0.150 e. The molecule has 14 heavy (non-hydrogen) atoms. The molecule has 0 aliphatic heterocycles. The van der Waals surface area contributed by atoms with Gasteiger partial charge in [-0.15, -0.1) is 13.2 Å². The van der Waals surface area contributed by atoms with Crippen molar-refractivity contribution in [2.75, 3.05) is 0 Å². The van der Waals surface area contributed by atoms with Crippen molar-refractivity contribution in [3.05, 3.63) is 60.2 Å². The van der Waals surface area contributed by atoms with E-state index in [-0.39, 0.29) is 0 Å². The van der Waals surface area contributed by atoms with Crippen LogP contribution in [0.15, 0.2) is 43.5 Å². The summed E-state index contributed by atoms with van der Waals surface area (Å²) in [7, 11) is 0. The molecule has 0 N–H and O–H groups in total. The van der Waals surface area contributed by atoms with Crippen LogP contribution in [-0.2, 0) is 12.8 Å². The van der Waals surface area contributed by atoms with Gasteiger partial charge in [-0.2, -0.15) is 0 Å². The fourth-order valence-electron chi connectivity index (χ4n) is 1.48. The Morgan fingerprint density at radius 2 is 1.57 bits per heavy atom. The summed E-state index contributed by atoms with van der Waals surface area (Å²) in [6.07, 6.45) is 6.00. The van der Waals surface area contributed by atoms with Crippen molar-refractivity contribution in [1.82, 2.24) is 0 Å². The van der Waals surface area contributed by atoms with Crippen LogP contribution in [-0.4, -0.2) is 6.29 Å². The third kappa shape index (κ3) is 2.19. The van der Waals surface area contributed by atoms with Crippen LogP contribution in [0.3, 0.4) is 0 Å². The fraction of sp³-hybridized carbons (Fsp3) is 0.154. The Morgan fingerprint density at radius 1 is 1.07 bits per heavy atom. The minimum Gasteiger partial charge on any atom is -0.298 e. The van der Waals surface area contributed by atoms with Gasteiger partial charge in [0.15, 0.2) is 6.29 Å². The van der Waals surface area contributed by atoms with Crippen LogP contribution in [0, 0.1) is 0 Å². The van der Waals surface area contributed by atoms with Gasteiger partial charge in [0, 0.05) is 5.56 Å². The SMILES string of the molecule is C=CCc1cccc(CC=C)c1C=O. The van der Waals surface area contributed by atoms with E-state index in [1.165, 1.54) is 0 Å². The van der Waals surface area contributed by atoms with E-state index in [4.69, 9.17) is 0 Å². The maximum atomic E-state index is 10.9. The Balaban J connectivity index is 3.16. The molecule has 0 aromatic heterocycles. The zero-order chi connectivity index (χ0) is 10.4. The maximum Gasteiger partial charge on any atom is 0.150 e. The van der Waals surface area contributed by atoms with E-state index in [2.05, 4.69) is 13.2 Å². The predicted octanol–water partition coefficient (Wildman–Crippen LogP) is 2.96. The molecule has 1 aromatic carbocycles. The van der Waals surface area contributed by atoms with Crippen molar-refractivity contribution in [2.45, 2.75) is 12.8 Å². The normalized spacial score (nSPS) is 9.43. The van der Waals surface area contributed by atoms with Crippen molar-refractivity contribution < 1.29 is 4.79 Å². The minimum absolute atomic E-state index is 0.735.